The third-order valence-corrected chi connectivity index (χ3v) is 54.3. The van der Waals surface area contributed by atoms with Crippen LogP contribution < -0.4 is 10.2 Å². The first kappa shape index (κ1) is 49.7. The topological polar surface area (TPSA) is 104 Å². The van der Waals surface area contributed by atoms with Crippen LogP contribution in [0.25, 0.3) is 0 Å². The van der Waals surface area contributed by atoms with Crippen molar-refractivity contribution in [3.05, 3.63) is 76.5 Å². The van der Waals surface area contributed by atoms with Gasteiger partial charge in [-0.25, -0.2) is 13.1 Å². The highest BCUT2D eigenvalue weighted by Gasteiger charge is 2.52. The average Bonchev–Trinajstić information content (AvgIpc) is 3.56. The molecule has 3 aromatic rings. The summed E-state index contributed by atoms with van der Waals surface area (Å²) in [6.07, 6.45) is -4.67. The van der Waals surface area contributed by atoms with Gasteiger partial charge in [-0.05, 0) is 111 Å². The number of hydrogen-bond acceptors (Lipinski definition) is 7. The van der Waals surface area contributed by atoms with Crippen molar-refractivity contribution in [3.8, 4) is 0 Å². The third kappa shape index (κ3) is 13.6. The van der Waals surface area contributed by atoms with E-state index >= 15 is 0 Å². The summed E-state index contributed by atoms with van der Waals surface area (Å²) in [5.41, 5.74) is 2.22. The van der Waals surface area contributed by atoms with Gasteiger partial charge >= 0.3 is 19.3 Å². The summed E-state index contributed by atoms with van der Waals surface area (Å²) in [5, 5.41) is 0. The summed E-state index contributed by atoms with van der Waals surface area (Å²) in [5.74, 6) is -2.01. The van der Waals surface area contributed by atoms with Gasteiger partial charge in [-0.15, -0.1) is 44.6 Å². The van der Waals surface area contributed by atoms with Crippen molar-refractivity contribution in [3.63, 3.8) is 0 Å². The highest BCUT2D eigenvalue weighted by Crippen LogP contribution is 3.04. The molecule has 0 saturated carbocycles. The van der Waals surface area contributed by atoms with E-state index in [1.54, 1.807) is 26.0 Å². The Kier molecular flexibility index (Phi) is 18.8. The lowest BCUT2D eigenvalue weighted by atomic mass is 9.75. The number of esters is 1. The zero-order chi connectivity index (χ0) is 40.9. The smallest absolute Gasteiger partial charge is 0.468 e. The molecule has 4 rings (SSSR count). The Hall–Kier alpha value is 0.585. The summed E-state index contributed by atoms with van der Waals surface area (Å²) < 4.78 is 85.7. The van der Waals surface area contributed by atoms with Crippen LogP contribution in [0.5, 0.6) is 0 Å². The van der Waals surface area contributed by atoms with Gasteiger partial charge < -0.3 is 18.5 Å². The number of alkyl halides is 3. The van der Waals surface area contributed by atoms with Crippen LogP contribution in [0.1, 0.15) is 69.6 Å². The Labute approximate surface area is 329 Å². The van der Waals surface area contributed by atoms with Crippen molar-refractivity contribution >= 4 is 108 Å². The zero-order valence-electron chi connectivity index (χ0n) is 31.3. The Morgan fingerprint density at radius 2 is 1.42 bits per heavy atom. The first-order valence-corrected chi connectivity index (χ1v) is 32.8. The normalized spacial score (nSPS) is 15.8. The molecule has 2 aromatic carbocycles. The number of halogens is 3. The summed E-state index contributed by atoms with van der Waals surface area (Å²) in [4.78, 5) is 12.0. The number of hydrogen-bond donors (Lipinski definition) is 1. The number of methoxy groups -OCH3 is 1. The minimum Gasteiger partial charge on any atom is -0.468 e. The number of aryl methyl sites for hydroxylation is 3. The molecule has 0 aliphatic carbocycles. The lowest BCUT2D eigenvalue weighted by Gasteiger charge is -2.32. The molecule has 0 radical (unpaired) electrons. The molecule has 1 aromatic heterocycles. The van der Waals surface area contributed by atoms with Crippen LogP contribution in [0.4, 0.5) is 19.1 Å². The van der Waals surface area contributed by atoms with E-state index < -0.39 is 40.4 Å². The van der Waals surface area contributed by atoms with E-state index in [2.05, 4.69) is 49.1 Å². The summed E-state index contributed by atoms with van der Waals surface area (Å²) in [6, 6.07) is 12.7. The van der Waals surface area contributed by atoms with Gasteiger partial charge in [0, 0.05) is 6.07 Å². The maximum absolute atomic E-state index is 12.5. The summed E-state index contributed by atoms with van der Waals surface area (Å²) in [6.45, 7) is 17.5. The quantitative estimate of drug-likeness (QED) is 0.129. The van der Waals surface area contributed by atoms with Crippen LogP contribution in [0.15, 0.2) is 57.8 Å². The van der Waals surface area contributed by atoms with E-state index in [9.17, 15) is 26.4 Å². The Bertz CT molecular complexity index is 1780. The second kappa shape index (κ2) is 20.0. The van der Waals surface area contributed by atoms with Gasteiger partial charge in [-0.2, -0.15) is 13.2 Å². The number of sulfonamides is 1. The van der Waals surface area contributed by atoms with Gasteiger partial charge in [0.15, 0.2) is 0 Å². The lowest BCUT2D eigenvalue weighted by molar-refractivity contribution is -0.152. The van der Waals surface area contributed by atoms with Crippen LogP contribution in [0.3, 0.4) is 0 Å². The van der Waals surface area contributed by atoms with Crippen LogP contribution in [0.2, 0.25) is 0 Å². The first-order valence-electron chi connectivity index (χ1n) is 15.8. The highest BCUT2D eigenvalue weighted by molar-refractivity contribution is 9.10. The van der Waals surface area contributed by atoms with E-state index in [1.165, 1.54) is 7.11 Å². The maximum Gasteiger partial charge on any atom is 0.494 e. The molecule has 2 heterocycles. The lowest BCUT2D eigenvalue weighted by Crippen LogP contribution is -2.41. The van der Waals surface area contributed by atoms with Gasteiger partial charge in [0.1, 0.15) is 0 Å². The highest BCUT2D eigenvalue weighted by atomic mass is 33.2. The molecule has 0 amide bonds. The van der Waals surface area contributed by atoms with E-state index in [4.69, 9.17) is 14.0 Å². The number of nitrogens with one attached hydrogen (secondary N) is 1. The molecule has 296 valence electrons. The van der Waals surface area contributed by atoms with Gasteiger partial charge in [0.05, 0.1) is 28.6 Å². The average molecular weight is 927 g/mol. The molecule has 0 bridgehead atoms. The van der Waals surface area contributed by atoms with Gasteiger partial charge in [-0.1, -0.05) is 49.9 Å². The van der Waals surface area contributed by atoms with Crippen LogP contribution in [0, 0.1) is 20.8 Å². The monoisotopic (exact) mass is 927 g/mol. The molecule has 0 spiro atoms. The first-order chi connectivity index (χ1) is 24.1. The number of ether oxygens (including phenoxy) is 1. The van der Waals surface area contributed by atoms with E-state index in [1.807, 2.05) is 77.5 Å². The number of benzene rings is 2. The van der Waals surface area contributed by atoms with E-state index in [0.717, 1.165) is 30.6 Å². The molecule has 22 heteroatoms. The zero-order valence-corrected chi connectivity index (χ0v) is 41.6. The molecule has 1 aliphatic heterocycles. The molecule has 8 nitrogen and oxygen atoms in total. The molecular weight excluding hydrogens is 877 g/mol. The van der Waals surface area contributed by atoms with Crippen molar-refractivity contribution in [1.29, 1.82) is 0 Å². The van der Waals surface area contributed by atoms with E-state index in [0.29, 0.717) is 24.2 Å². The molecule has 6 atom stereocenters. The molecule has 1 N–H and O–H groups in total. The van der Waals surface area contributed by atoms with Crippen LogP contribution in [-0.2, 0) is 40.5 Å². The molecule has 6 unspecified atom stereocenters. The molecule has 1 aliphatic rings. The fraction of sp³-hybridized carbons (Fsp3) is 0.452. The molecule has 1 saturated heterocycles. The summed E-state index contributed by atoms with van der Waals surface area (Å²) >= 11 is 0. The fourth-order valence-electron chi connectivity index (χ4n) is 5.00. The van der Waals surface area contributed by atoms with Crippen molar-refractivity contribution in [2.24, 2.45) is 0 Å². The summed E-state index contributed by atoms with van der Waals surface area (Å²) in [7, 11) is 12.6. The second-order valence-electron chi connectivity index (χ2n) is 13.5. The minimum absolute atomic E-state index is 0.0306. The maximum atomic E-state index is 12.5. The minimum atomic E-state index is -4.67. The van der Waals surface area contributed by atoms with Crippen LogP contribution >= 0.6 is 73.6 Å². The number of furan rings is 1. The number of anilines is 1. The van der Waals surface area contributed by atoms with Crippen molar-refractivity contribution in [2.45, 2.75) is 90.0 Å². The van der Waals surface area contributed by atoms with Gasteiger partial charge in [0.25, 0.3) is 10.0 Å². The van der Waals surface area contributed by atoms with Gasteiger partial charge in [-0.3, -0.25) is 4.79 Å². The van der Waals surface area contributed by atoms with Crippen molar-refractivity contribution < 1.29 is 44.8 Å². The SMILES string of the molecule is COC(=O)C(C)(C)c1cccc(B2OC(C)(C)C(C)(C)O2)c1.Cc1cc(C)c(S(=O)(=O)Nc2ccc(C(F)(F)F)o2)c(C)c1.PPP(P(P)P)P(P)P. The molecule has 1 fully saturated rings. The van der Waals surface area contributed by atoms with Crippen molar-refractivity contribution in [2.75, 3.05) is 11.8 Å². The Balaban J connectivity index is 0.000000300. The number of rotatable bonds is 9. The van der Waals surface area contributed by atoms with Gasteiger partial charge in [0.2, 0.25) is 11.6 Å². The number of carbonyl (C=O) groups is 1. The van der Waals surface area contributed by atoms with Crippen molar-refractivity contribution in [1.82, 2.24) is 0 Å². The largest absolute Gasteiger partial charge is 0.494 e. The molecule has 53 heavy (non-hydrogen) atoms. The van der Waals surface area contributed by atoms with Crippen LogP contribution in [-0.4, -0.2) is 39.8 Å². The molecular formula is C31H50BF3NO7P9S. The predicted octanol–water partition coefficient (Wildman–Crippen LogP) is 11.3. The Morgan fingerprint density at radius 1 is 0.906 bits per heavy atom. The van der Waals surface area contributed by atoms with E-state index in [-0.39, 0.29) is 36.0 Å². The second-order valence-corrected chi connectivity index (χ2v) is 45.8. The standard InChI is InChI=1S/C17H25BO4.C14H14F3NO3S.H11P9/c1-15(2,14(19)20-7)12-9-8-10-13(11-12)18-21-16(3,4)17(5,6)22-18;1-8-6-9(2)13(10(3)7-8)22(19,20)18-12-5-4-11(21-12)14(15,16)17;1-6-9(7(2)3)8(4)5/h8-11H,1-7H3;4-7,18H,1-3H3;6H,1-5H2. The fourth-order valence-corrected chi connectivity index (χ4v) is 67.6. The predicted molar refractivity (Wildman–Crippen MR) is 240 cm³/mol. The number of carbonyl (C=O) groups excluding carboxylic acids is 1. The Morgan fingerprint density at radius 3 is 1.81 bits per heavy atom. The third-order valence-electron chi connectivity index (χ3n) is 8.38.